The molecule has 2 N–H and O–H groups in total. The summed E-state index contributed by atoms with van der Waals surface area (Å²) in [6.07, 6.45) is 0.689. The summed E-state index contributed by atoms with van der Waals surface area (Å²) >= 11 is 6.20. The molecule has 2 aromatic carbocycles. The molecule has 1 amide bonds. The number of nitrogens with zero attached hydrogens (tertiary/aromatic N) is 1. The molecule has 2 heterocycles. The van der Waals surface area contributed by atoms with Gasteiger partial charge >= 0.3 is 5.95 Å². The Morgan fingerprint density at radius 3 is 2.51 bits per heavy atom. The predicted octanol–water partition coefficient (Wildman–Crippen LogP) is 4.16. The normalized spacial score (nSPS) is 13.1. The van der Waals surface area contributed by atoms with E-state index < -0.39 is 37.1 Å². The number of nitrogens with one attached hydrogen (secondary N) is 2. The maximum atomic E-state index is 14.4. The molecular formula is C24H21ClF2N3O4P. The summed E-state index contributed by atoms with van der Waals surface area (Å²) in [5.74, 6) is -3.16. The van der Waals surface area contributed by atoms with Crippen LogP contribution in [-0.4, -0.2) is 18.0 Å². The number of aryl methyl sites for hydroxylation is 2. The summed E-state index contributed by atoms with van der Waals surface area (Å²) in [7, 11) is -2.56. The highest BCUT2D eigenvalue weighted by Gasteiger charge is 2.36. The number of fused-ring (bicyclic) bond motifs is 1. The lowest BCUT2D eigenvalue weighted by atomic mass is 10.2. The molecule has 1 unspecified atom stereocenters. The molecule has 4 rings (SSSR count). The first kappa shape index (κ1) is 24.9. The lowest BCUT2D eigenvalue weighted by Crippen LogP contribution is -2.35. The van der Waals surface area contributed by atoms with Gasteiger partial charge in [0.25, 0.3) is 13.3 Å². The Hall–Kier alpha value is -3.26. The van der Waals surface area contributed by atoms with Crippen LogP contribution in [-0.2, 0) is 15.6 Å². The first-order valence-electron chi connectivity index (χ1n) is 10.5. The second-order valence-electron chi connectivity index (χ2n) is 8.06. The third-order valence-corrected chi connectivity index (χ3v) is 8.31. The summed E-state index contributed by atoms with van der Waals surface area (Å²) in [5, 5.41) is 15.1. The second-order valence-corrected chi connectivity index (χ2v) is 10.9. The molecule has 0 radical (unpaired) electrons. The minimum Gasteiger partial charge on any atom is -0.617 e. The number of pyridine rings is 1. The van der Waals surface area contributed by atoms with Gasteiger partial charge in [-0.1, -0.05) is 28.8 Å². The van der Waals surface area contributed by atoms with E-state index >= 15 is 0 Å². The molecule has 0 saturated heterocycles. The van der Waals surface area contributed by atoms with E-state index in [1.807, 2.05) is 19.9 Å². The number of hydrogen-bond acceptors (Lipinski definition) is 4. The van der Waals surface area contributed by atoms with Gasteiger partial charge in [-0.25, -0.2) is 4.39 Å². The van der Waals surface area contributed by atoms with E-state index in [1.54, 1.807) is 30.3 Å². The average Bonchev–Trinajstić information content (AvgIpc) is 3.19. The number of aromatic amines is 1. The van der Waals surface area contributed by atoms with Crippen LogP contribution in [0, 0.1) is 30.8 Å². The number of rotatable bonds is 6. The molecule has 4 aromatic rings. The van der Waals surface area contributed by atoms with Crippen molar-refractivity contribution >= 4 is 46.4 Å². The van der Waals surface area contributed by atoms with Gasteiger partial charge in [-0.15, -0.1) is 9.12 Å². The summed E-state index contributed by atoms with van der Waals surface area (Å²) in [4.78, 5) is 16.2. The first-order valence-corrected chi connectivity index (χ1v) is 12.5. The van der Waals surface area contributed by atoms with Crippen molar-refractivity contribution in [2.45, 2.75) is 20.4 Å². The van der Waals surface area contributed by atoms with Gasteiger partial charge in [0.05, 0.1) is 11.8 Å². The zero-order valence-corrected chi connectivity index (χ0v) is 20.6. The molecule has 35 heavy (non-hydrogen) atoms. The van der Waals surface area contributed by atoms with E-state index in [1.165, 1.54) is 7.11 Å². The predicted molar refractivity (Wildman–Crippen MR) is 130 cm³/mol. The van der Waals surface area contributed by atoms with Gasteiger partial charge in [0, 0.05) is 34.4 Å². The van der Waals surface area contributed by atoms with Gasteiger partial charge in [0.1, 0.15) is 17.1 Å². The maximum Gasteiger partial charge on any atom is 0.378 e. The van der Waals surface area contributed by atoms with Crippen LogP contribution in [0.3, 0.4) is 0 Å². The van der Waals surface area contributed by atoms with Crippen molar-refractivity contribution in [3.8, 4) is 0 Å². The maximum absolute atomic E-state index is 14.4. The largest absolute Gasteiger partial charge is 0.617 e. The zero-order chi connectivity index (χ0) is 25.5. The molecule has 0 saturated carbocycles. The van der Waals surface area contributed by atoms with Crippen LogP contribution in [0.1, 0.15) is 27.2 Å². The quantitative estimate of drug-likeness (QED) is 0.173. The monoisotopic (exact) mass is 519 g/mol. The lowest BCUT2D eigenvalue weighted by molar-refractivity contribution is -0.638. The number of carbonyl (C=O) groups excluding carboxylic acids is 1. The fourth-order valence-corrected chi connectivity index (χ4v) is 6.54. The fourth-order valence-electron chi connectivity index (χ4n) is 4.01. The van der Waals surface area contributed by atoms with Crippen molar-refractivity contribution in [2.24, 2.45) is 0 Å². The average molecular weight is 520 g/mol. The minimum absolute atomic E-state index is 0.0768. The molecule has 0 aliphatic rings. The number of amides is 1. The Morgan fingerprint density at radius 2 is 1.86 bits per heavy atom. The van der Waals surface area contributed by atoms with E-state index in [-0.39, 0.29) is 15.7 Å². The molecule has 182 valence electrons. The van der Waals surface area contributed by atoms with Crippen LogP contribution in [0.15, 0.2) is 48.7 Å². The van der Waals surface area contributed by atoms with Crippen molar-refractivity contribution < 1.29 is 27.4 Å². The van der Waals surface area contributed by atoms with E-state index in [2.05, 4.69) is 10.3 Å². The molecule has 11 heteroatoms. The highest BCUT2D eigenvalue weighted by atomic mass is 35.5. The molecular weight excluding hydrogens is 499 g/mol. The number of benzene rings is 2. The summed E-state index contributed by atoms with van der Waals surface area (Å²) < 4.78 is 48.0. The fraction of sp³-hybridized carbons (Fsp3) is 0.167. The van der Waals surface area contributed by atoms with Crippen LogP contribution in [0.2, 0.25) is 5.02 Å². The Kier molecular flexibility index (Phi) is 6.68. The molecule has 7 nitrogen and oxygen atoms in total. The smallest absolute Gasteiger partial charge is 0.378 e. The lowest BCUT2D eigenvalue weighted by Gasteiger charge is -2.19. The van der Waals surface area contributed by atoms with Crippen LogP contribution < -0.4 is 20.7 Å². The zero-order valence-electron chi connectivity index (χ0n) is 19.0. The van der Waals surface area contributed by atoms with Gasteiger partial charge in [-0.05, 0) is 44.2 Å². The number of aromatic nitrogens is 2. The Balaban J connectivity index is 1.86. The highest BCUT2D eigenvalue weighted by molar-refractivity contribution is 7.75. The van der Waals surface area contributed by atoms with Crippen molar-refractivity contribution in [1.82, 2.24) is 10.3 Å². The summed E-state index contributed by atoms with van der Waals surface area (Å²) in [6.45, 7) is 3.08. The summed E-state index contributed by atoms with van der Waals surface area (Å²) in [5.41, 5.74) is 1.44. The Morgan fingerprint density at radius 1 is 1.17 bits per heavy atom. The highest BCUT2D eigenvalue weighted by Crippen LogP contribution is 2.47. The van der Waals surface area contributed by atoms with E-state index in [0.29, 0.717) is 27.4 Å². The SMILES string of the molecule is COP(=O)(c1cc(C)cc(C)c1)c1c(C(=O)NCc2c(F)cc[n+]([O-])c2F)[nH]c2ccc(Cl)cc12. The van der Waals surface area contributed by atoms with E-state index in [9.17, 15) is 23.3 Å². The molecule has 0 aliphatic heterocycles. The number of halogens is 3. The molecule has 0 bridgehead atoms. The van der Waals surface area contributed by atoms with Gasteiger partial charge in [0.15, 0.2) is 6.20 Å². The van der Waals surface area contributed by atoms with Crippen LogP contribution >= 0.6 is 19.0 Å². The number of hydrogen-bond donors (Lipinski definition) is 2. The van der Waals surface area contributed by atoms with Gasteiger partial charge in [-0.2, -0.15) is 0 Å². The number of carbonyl (C=O) groups is 1. The van der Waals surface area contributed by atoms with Crippen molar-refractivity contribution in [1.29, 1.82) is 0 Å². The van der Waals surface area contributed by atoms with E-state index in [0.717, 1.165) is 17.2 Å². The second kappa shape index (κ2) is 9.41. The minimum atomic E-state index is -3.84. The molecule has 0 spiro atoms. The van der Waals surface area contributed by atoms with Crippen molar-refractivity contribution in [3.05, 3.63) is 93.0 Å². The van der Waals surface area contributed by atoms with Gasteiger partial charge in [0.2, 0.25) is 0 Å². The van der Waals surface area contributed by atoms with Crippen molar-refractivity contribution in [2.75, 3.05) is 7.11 Å². The van der Waals surface area contributed by atoms with Crippen LogP contribution in [0.5, 0.6) is 0 Å². The molecule has 1 atom stereocenters. The number of H-pyrrole nitrogens is 1. The Bertz CT molecular complexity index is 1500. The first-order chi connectivity index (χ1) is 16.5. The topological polar surface area (TPSA) is 98.1 Å². The molecule has 0 aliphatic carbocycles. The van der Waals surface area contributed by atoms with Crippen LogP contribution in [0.25, 0.3) is 10.9 Å². The molecule has 0 fully saturated rings. The molecule has 2 aromatic heterocycles. The standard InChI is InChI=1S/C24H21ClF2N3O4P/c1-13-8-14(2)10-16(9-13)35(33,34-3)22-17-11-15(25)4-5-20(17)29-21(22)24(31)28-12-18-19(26)6-7-30(32)23(18)27/h4-11,29H,12H2,1-3H3,(H,28,31). The van der Waals surface area contributed by atoms with Crippen LogP contribution in [0.4, 0.5) is 8.78 Å². The van der Waals surface area contributed by atoms with Gasteiger partial charge in [-0.3, -0.25) is 9.36 Å². The third kappa shape index (κ3) is 4.55. The third-order valence-electron chi connectivity index (χ3n) is 5.57. The van der Waals surface area contributed by atoms with Gasteiger partial charge < -0.3 is 20.0 Å². The van der Waals surface area contributed by atoms with E-state index in [4.69, 9.17) is 16.1 Å². The summed E-state index contributed by atoms with van der Waals surface area (Å²) in [6, 6.07) is 10.9. The van der Waals surface area contributed by atoms with Crippen molar-refractivity contribution in [3.63, 3.8) is 0 Å². The Labute approximate surface area is 204 Å².